The minimum atomic E-state index is 0.464. The molecule has 1 aromatic rings. The van der Waals surface area contributed by atoms with Crippen molar-refractivity contribution in [3.63, 3.8) is 0 Å². The molecule has 0 amide bonds. The quantitative estimate of drug-likeness (QED) is 0.310. The smallest absolute Gasteiger partial charge is 0.142 e. The van der Waals surface area contributed by atoms with Gasteiger partial charge < -0.3 is 4.74 Å². The van der Waals surface area contributed by atoms with Crippen molar-refractivity contribution in [2.75, 3.05) is 13.2 Å². The van der Waals surface area contributed by atoms with Crippen LogP contribution in [0.5, 0.6) is 0 Å². The van der Waals surface area contributed by atoms with E-state index < -0.39 is 0 Å². The summed E-state index contributed by atoms with van der Waals surface area (Å²) in [5.74, 6) is 0. The fourth-order valence-corrected chi connectivity index (χ4v) is 1.18. The molecular formula is C15H16O2. The van der Waals surface area contributed by atoms with Crippen LogP contribution < -0.4 is 0 Å². The van der Waals surface area contributed by atoms with E-state index in [2.05, 4.69) is 0 Å². The molecule has 0 aliphatic rings. The highest BCUT2D eigenvalue weighted by Gasteiger charge is 1.80. The summed E-state index contributed by atoms with van der Waals surface area (Å²) >= 11 is 0. The molecule has 0 spiro atoms. The summed E-state index contributed by atoms with van der Waals surface area (Å²) in [4.78, 5) is 9.95. The number of allylic oxidation sites excluding steroid dienone is 3. The number of carbonyl (C=O) groups is 1. The van der Waals surface area contributed by atoms with E-state index >= 15 is 0 Å². The Kier molecular flexibility index (Phi) is 7.19. The lowest BCUT2D eigenvalue weighted by Gasteiger charge is -1.92. The zero-order chi connectivity index (χ0) is 12.2. The SMILES string of the molecule is O=C/C=C/COC/C=C/C=C/c1ccccc1. The molecule has 2 heteroatoms. The van der Waals surface area contributed by atoms with Crippen molar-refractivity contribution >= 4 is 12.4 Å². The van der Waals surface area contributed by atoms with Crippen LogP contribution >= 0.6 is 0 Å². The average Bonchev–Trinajstić information content (AvgIpc) is 2.38. The number of aldehydes is 1. The van der Waals surface area contributed by atoms with Gasteiger partial charge in [0, 0.05) is 0 Å². The van der Waals surface area contributed by atoms with Crippen molar-refractivity contribution in [1.29, 1.82) is 0 Å². The fourth-order valence-electron chi connectivity index (χ4n) is 1.18. The highest BCUT2D eigenvalue weighted by atomic mass is 16.5. The number of hydrogen-bond donors (Lipinski definition) is 0. The molecule has 1 rings (SSSR count). The second-order valence-corrected chi connectivity index (χ2v) is 3.30. The van der Waals surface area contributed by atoms with Crippen LogP contribution in [0.2, 0.25) is 0 Å². The molecule has 0 saturated heterocycles. The van der Waals surface area contributed by atoms with E-state index in [1.54, 1.807) is 6.08 Å². The zero-order valence-corrected chi connectivity index (χ0v) is 9.66. The van der Waals surface area contributed by atoms with Crippen LogP contribution in [-0.2, 0) is 9.53 Å². The minimum Gasteiger partial charge on any atom is -0.373 e. The molecule has 2 nitrogen and oxygen atoms in total. The summed E-state index contributed by atoms with van der Waals surface area (Å²) in [6.45, 7) is 1.01. The van der Waals surface area contributed by atoms with E-state index in [4.69, 9.17) is 4.74 Å². The second kappa shape index (κ2) is 9.31. The predicted molar refractivity (Wildman–Crippen MR) is 70.6 cm³/mol. The van der Waals surface area contributed by atoms with Crippen LogP contribution in [0.4, 0.5) is 0 Å². The van der Waals surface area contributed by atoms with E-state index in [0.29, 0.717) is 13.2 Å². The third-order valence-corrected chi connectivity index (χ3v) is 1.98. The highest BCUT2D eigenvalue weighted by Crippen LogP contribution is 2.00. The van der Waals surface area contributed by atoms with E-state index in [-0.39, 0.29) is 0 Å². The Morgan fingerprint density at radius 3 is 2.35 bits per heavy atom. The molecule has 17 heavy (non-hydrogen) atoms. The first-order valence-corrected chi connectivity index (χ1v) is 5.50. The zero-order valence-electron chi connectivity index (χ0n) is 9.66. The lowest BCUT2D eigenvalue weighted by atomic mass is 10.2. The second-order valence-electron chi connectivity index (χ2n) is 3.30. The van der Waals surface area contributed by atoms with E-state index in [9.17, 15) is 4.79 Å². The Balaban J connectivity index is 2.16. The number of carbonyl (C=O) groups excluding carboxylic acids is 1. The van der Waals surface area contributed by atoms with Crippen molar-refractivity contribution in [2.45, 2.75) is 0 Å². The molecule has 0 unspecified atom stereocenters. The standard InChI is InChI=1S/C15H16O2/c16-12-6-8-14-17-13-7-2-5-11-15-9-3-1-4-10-15/h1-12H,13-14H2/b7-2+,8-6+,11-5+. The Labute approximate surface area is 102 Å². The summed E-state index contributed by atoms with van der Waals surface area (Å²) < 4.78 is 5.22. The van der Waals surface area contributed by atoms with Gasteiger partial charge in [-0.2, -0.15) is 0 Å². The fraction of sp³-hybridized carbons (Fsp3) is 0.133. The molecule has 0 bridgehead atoms. The van der Waals surface area contributed by atoms with Gasteiger partial charge >= 0.3 is 0 Å². The summed E-state index contributed by atoms with van der Waals surface area (Å²) in [5, 5.41) is 0. The van der Waals surface area contributed by atoms with Crippen LogP contribution in [0.25, 0.3) is 6.08 Å². The van der Waals surface area contributed by atoms with Crippen LogP contribution in [0.3, 0.4) is 0 Å². The Hall–Kier alpha value is -1.93. The van der Waals surface area contributed by atoms with Gasteiger partial charge in [0.05, 0.1) is 13.2 Å². The number of ether oxygens (including phenoxy) is 1. The van der Waals surface area contributed by atoms with Gasteiger partial charge in [-0.3, -0.25) is 4.79 Å². The van der Waals surface area contributed by atoms with E-state index in [1.165, 1.54) is 11.6 Å². The van der Waals surface area contributed by atoms with E-state index in [1.807, 2.05) is 54.6 Å². The normalized spacial score (nSPS) is 11.8. The first-order valence-electron chi connectivity index (χ1n) is 5.50. The average molecular weight is 228 g/mol. The van der Waals surface area contributed by atoms with Crippen LogP contribution in [0.15, 0.2) is 60.7 Å². The maximum absolute atomic E-state index is 9.95. The first kappa shape index (κ1) is 13.1. The molecule has 0 fully saturated rings. The lowest BCUT2D eigenvalue weighted by Crippen LogP contribution is -1.89. The summed E-state index contributed by atoms with van der Waals surface area (Å²) in [6.07, 6.45) is 11.7. The molecular weight excluding hydrogens is 212 g/mol. The van der Waals surface area contributed by atoms with Gasteiger partial charge in [-0.25, -0.2) is 0 Å². The number of hydrogen-bond acceptors (Lipinski definition) is 2. The van der Waals surface area contributed by atoms with Gasteiger partial charge in [0.15, 0.2) is 0 Å². The molecule has 0 aliphatic heterocycles. The topological polar surface area (TPSA) is 26.3 Å². The Morgan fingerprint density at radius 1 is 0.941 bits per heavy atom. The monoisotopic (exact) mass is 228 g/mol. The van der Waals surface area contributed by atoms with Crippen molar-refractivity contribution in [1.82, 2.24) is 0 Å². The number of benzene rings is 1. The largest absolute Gasteiger partial charge is 0.373 e. The van der Waals surface area contributed by atoms with Crippen molar-refractivity contribution < 1.29 is 9.53 Å². The van der Waals surface area contributed by atoms with Crippen LogP contribution in [-0.4, -0.2) is 19.5 Å². The van der Waals surface area contributed by atoms with Crippen molar-refractivity contribution in [3.8, 4) is 0 Å². The maximum atomic E-state index is 9.95. The van der Waals surface area contributed by atoms with Crippen molar-refractivity contribution in [3.05, 3.63) is 66.3 Å². The number of rotatable bonds is 7. The Bertz CT molecular complexity index is 389. The Morgan fingerprint density at radius 2 is 1.65 bits per heavy atom. The molecule has 0 aliphatic carbocycles. The highest BCUT2D eigenvalue weighted by molar-refractivity contribution is 5.64. The summed E-state index contributed by atoms with van der Waals surface area (Å²) in [6, 6.07) is 10.1. The van der Waals surface area contributed by atoms with Gasteiger partial charge in [-0.05, 0) is 11.6 Å². The molecule has 0 heterocycles. The third kappa shape index (κ3) is 7.03. The summed E-state index contributed by atoms with van der Waals surface area (Å²) in [5.41, 5.74) is 1.17. The molecule has 1 aromatic carbocycles. The third-order valence-electron chi connectivity index (χ3n) is 1.98. The van der Waals surface area contributed by atoms with Gasteiger partial charge in [-0.15, -0.1) is 0 Å². The van der Waals surface area contributed by atoms with Gasteiger partial charge in [0.2, 0.25) is 0 Å². The van der Waals surface area contributed by atoms with E-state index in [0.717, 1.165) is 6.29 Å². The first-order chi connectivity index (χ1) is 8.43. The van der Waals surface area contributed by atoms with Crippen LogP contribution in [0, 0.1) is 0 Å². The molecule has 0 saturated carbocycles. The van der Waals surface area contributed by atoms with Gasteiger partial charge in [-0.1, -0.05) is 60.7 Å². The molecule has 0 N–H and O–H groups in total. The predicted octanol–water partition coefficient (Wildman–Crippen LogP) is 3.03. The summed E-state index contributed by atoms with van der Waals surface area (Å²) in [7, 11) is 0. The molecule has 0 atom stereocenters. The maximum Gasteiger partial charge on any atom is 0.142 e. The molecule has 0 radical (unpaired) electrons. The molecule has 0 aromatic heterocycles. The molecule has 88 valence electrons. The van der Waals surface area contributed by atoms with Crippen LogP contribution in [0.1, 0.15) is 5.56 Å². The lowest BCUT2D eigenvalue weighted by molar-refractivity contribution is -0.104. The van der Waals surface area contributed by atoms with Crippen molar-refractivity contribution in [2.24, 2.45) is 0 Å². The van der Waals surface area contributed by atoms with Gasteiger partial charge in [0.1, 0.15) is 6.29 Å². The van der Waals surface area contributed by atoms with Gasteiger partial charge in [0.25, 0.3) is 0 Å². The minimum absolute atomic E-state index is 0.464.